The van der Waals surface area contributed by atoms with Crippen LogP contribution in [0.25, 0.3) is 16.7 Å². The molecule has 29 heavy (non-hydrogen) atoms. The first-order valence-corrected chi connectivity index (χ1v) is 10.0. The lowest BCUT2D eigenvalue weighted by atomic mass is 10.0. The first-order valence-electron chi connectivity index (χ1n) is 9.63. The van der Waals surface area contributed by atoms with Gasteiger partial charge in [0.1, 0.15) is 12.0 Å². The van der Waals surface area contributed by atoms with Crippen molar-refractivity contribution in [1.29, 1.82) is 0 Å². The zero-order chi connectivity index (χ0) is 20.0. The summed E-state index contributed by atoms with van der Waals surface area (Å²) in [5.41, 5.74) is 4.32. The smallest absolute Gasteiger partial charge is 0.270 e. The molecule has 4 heterocycles. The third-order valence-electron chi connectivity index (χ3n) is 5.54. The number of amides is 1. The first-order chi connectivity index (χ1) is 14.1. The van der Waals surface area contributed by atoms with Gasteiger partial charge in [-0.3, -0.25) is 9.20 Å². The first kappa shape index (κ1) is 18.1. The highest BCUT2D eigenvalue weighted by molar-refractivity contribution is 6.30. The second-order valence-corrected chi connectivity index (χ2v) is 8.05. The van der Waals surface area contributed by atoms with Gasteiger partial charge < -0.3 is 14.8 Å². The Morgan fingerprint density at radius 3 is 2.86 bits per heavy atom. The second kappa shape index (κ2) is 7.17. The third-order valence-corrected chi connectivity index (χ3v) is 5.77. The lowest BCUT2D eigenvalue weighted by Gasteiger charge is -2.31. The van der Waals surface area contributed by atoms with E-state index < -0.39 is 0 Å². The van der Waals surface area contributed by atoms with Crippen LogP contribution in [0.2, 0.25) is 5.02 Å². The summed E-state index contributed by atoms with van der Waals surface area (Å²) in [6, 6.07) is 13.6. The van der Waals surface area contributed by atoms with Crippen LogP contribution in [-0.2, 0) is 6.54 Å². The highest BCUT2D eigenvalue weighted by Crippen LogP contribution is 2.24. The topological polar surface area (TPSA) is 67.5 Å². The van der Waals surface area contributed by atoms with Crippen molar-refractivity contribution in [3.63, 3.8) is 0 Å². The maximum atomic E-state index is 13.4. The minimum Gasteiger partial charge on any atom is -0.340 e. The van der Waals surface area contributed by atoms with Gasteiger partial charge in [-0.2, -0.15) is 0 Å². The number of pyridine rings is 1. The van der Waals surface area contributed by atoms with E-state index in [1.807, 2.05) is 58.8 Å². The lowest BCUT2D eigenvalue weighted by Crippen LogP contribution is -2.48. The van der Waals surface area contributed by atoms with E-state index in [9.17, 15) is 4.79 Å². The van der Waals surface area contributed by atoms with Crippen LogP contribution in [-0.4, -0.2) is 56.7 Å². The molecule has 0 atom stereocenters. The minimum atomic E-state index is 0.0105. The fourth-order valence-electron chi connectivity index (χ4n) is 3.92. The number of carbonyl (C=O) groups is 1. The summed E-state index contributed by atoms with van der Waals surface area (Å²) in [7, 11) is 1.87. The molecular formula is C21H21ClN6O. The van der Waals surface area contributed by atoms with Crippen LogP contribution in [0, 0.1) is 5.92 Å². The zero-order valence-electron chi connectivity index (χ0n) is 16.0. The molecule has 1 aliphatic rings. The Kier molecular flexibility index (Phi) is 4.49. The molecule has 0 saturated carbocycles. The quantitative estimate of drug-likeness (QED) is 0.551. The maximum absolute atomic E-state index is 13.4. The summed E-state index contributed by atoms with van der Waals surface area (Å²) in [5.74, 6) is 0.524. The number of hydrogen-bond acceptors (Lipinski definition) is 4. The molecule has 1 fully saturated rings. The van der Waals surface area contributed by atoms with Crippen molar-refractivity contribution in [2.45, 2.75) is 6.54 Å². The van der Waals surface area contributed by atoms with Gasteiger partial charge in [-0.25, -0.2) is 0 Å². The van der Waals surface area contributed by atoms with Gasteiger partial charge in [-0.1, -0.05) is 23.7 Å². The van der Waals surface area contributed by atoms with Crippen molar-refractivity contribution in [2.75, 3.05) is 26.7 Å². The molecular weight excluding hydrogens is 388 g/mol. The minimum absolute atomic E-state index is 0.0105. The molecule has 5 rings (SSSR count). The van der Waals surface area contributed by atoms with Crippen LogP contribution in [0.4, 0.5) is 0 Å². The van der Waals surface area contributed by atoms with Crippen LogP contribution in [0.5, 0.6) is 0 Å². The molecule has 0 spiro atoms. The number of carbonyl (C=O) groups excluding carboxylic acids is 1. The number of nitrogens with one attached hydrogen (secondary N) is 1. The second-order valence-electron chi connectivity index (χ2n) is 7.62. The SMILES string of the molecule is CN(CC1CNC1)C(=O)c1cc2c(ccc3nncn32)n1Cc1cccc(Cl)c1. The number of nitrogens with zero attached hydrogens (tertiary/aromatic N) is 5. The van der Waals surface area contributed by atoms with Gasteiger partial charge in [0.2, 0.25) is 0 Å². The Morgan fingerprint density at radius 2 is 2.10 bits per heavy atom. The Bertz CT molecular complexity index is 1210. The van der Waals surface area contributed by atoms with E-state index in [4.69, 9.17) is 11.6 Å². The van der Waals surface area contributed by atoms with Gasteiger partial charge in [-0.05, 0) is 35.9 Å². The van der Waals surface area contributed by atoms with Crippen molar-refractivity contribution < 1.29 is 4.79 Å². The van der Waals surface area contributed by atoms with Gasteiger partial charge in [0.15, 0.2) is 5.65 Å². The van der Waals surface area contributed by atoms with E-state index in [0.29, 0.717) is 23.2 Å². The monoisotopic (exact) mass is 408 g/mol. The van der Waals surface area contributed by atoms with E-state index in [0.717, 1.165) is 41.9 Å². The Balaban J connectivity index is 1.61. The maximum Gasteiger partial charge on any atom is 0.270 e. The van der Waals surface area contributed by atoms with Crippen LogP contribution >= 0.6 is 11.6 Å². The summed E-state index contributed by atoms with van der Waals surface area (Å²) in [6.45, 7) is 3.22. The fraction of sp³-hybridized carbons (Fsp3) is 0.286. The number of halogens is 1. The average Bonchev–Trinajstić information content (AvgIpc) is 3.28. The van der Waals surface area contributed by atoms with E-state index >= 15 is 0 Å². The van der Waals surface area contributed by atoms with Crippen LogP contribution < -0.4 is 5.32 Å². The third kappa shape index (κ3) is 3.26. The molecule has 3 aromatic heterocycles. The van der Waals surface area contributed by atoms with E-state index in [-0.39, 0.29) is 5.91 Å². The molecule has 0 aliphatic carbocycles. The van der Waals surface area contributed by atoms with Crippen molar-refractivity contribution in [3.8, 4) is 0 Å². The molecule has 1 aromatic carbocycles. The molecule has 7 nitrogen and oxygen atoms in total. The summed E-state index contributed by atoms with van der Waals surface area (Å²) in [4.78, 5) is 15.2. The normalized spacial score (nSPS) is 14.4. The summed E-state index contributed by atoms with van der Waals surface area (Å²) in [6.07, 6.45) is 1.68. The number of hydrogen-bond donors (Lipinski definition) is 1. The number of rotatable bonds is 5. The number of benzene rings is 1. The van der Waals surface area contributed by atoms with Gasteiger partial charge in [0.05, 0.1) is 11.0 Å². The summed E-state index contributed by atoms with van der Waals surface area (Å²) < 4.78 is 3.97. The lowest BCUT2D eigenvalue weighted by molar-refractivity contribution is 0.0746. The van der Waals surface area contributed by atoms with E-state index in [1.165, 1.54) is 0 Å². The standard InChI is InChI=1S/C21H21ClN6O/c1-26(11-15-9-23-10-15)21(29)19-8-18-17(5-6-20-25-24-13-28(18)20)27(19)12-14-3-2-4-16(22)7-14/h2-8,13,15,23H,9-12H2,1H3. The molecule has 1 saturated heterocycles. The molecule has 4 aromatic rings. The van der Waals surface area contributed by atoms with E-state index in [1.54, 1.807) is 6.33 Å². The molecule has 8 heteroatoms. The highest BCUT2D eigenvalue weighted by atomic mass is 35.5. The average molecular weight is 409 g/mol. The van der Waals surface area contributed by atoms with Gasteiger partial charge >= 0.3 is 0 Å². The fourth-order valence-corrected chi connectivity index (χ4v) is 4.14. The molecule has 1 amide bonds. The molecule has 1 aliphatic heterocycles. The zero-order valence-corrected chi connectivity index (χ0v) is 16.8. The predicted octanol–water partition coefficient (Wildman–Crippen LogP) is 2.68. The van der Waals surface area contributed by atoms with Gasteiger partial charge in [-0.15, -0.1) is 10.2 Å². The van der Waals surface area contributed by atoms with E-state index in [2.05, 4.69) is 20.1 Å². The van der Waals surface area contributed by atoms with Crippen molar-refractivity contribution in [1.82, 2.24) is 29.4 Å². The van der Waals surface area contributed by atoms with Gasteiger partial charge in [0, 0.05) is 44.2 Å². The van der Waals surface area contributed by atoms with Crippen LogP contribution in [0.1, 0.15) is 16.1 Å². The van der Waals surface area contributed by atoms with Crippen LogP contribution in [0.15, 0.2) is 48.8 Å². The largest absolute Gasteiger partial charge is 0.340 e. The molecule has 148 valence electrons. The highest BCUT2D eigenvalue weighted by Gasteiger charge is 2.25. The number of aromatic nitrogens is 4. The van der Waals surface area contributed by atoms with Crippen molar-refractivity contribution in [3.05, 3.63) is 65.1 Å². The Morgan fingerprint density at radius 1 is 1.24 bits per heavy atom. The van der Waals surface area contributed by atoms with Gasteiger partial charge in [0.25, 0.3) is 5.91 Å². The Labute approximate surface area is 172 Å². The van der Waals surface area contributed by atoms with Crippen LogP contribution in [0.3, 0.4) is 0 Å². The molecule has 1 N–H and O–H groups in total. The Hall–Kier alpha value is -2.90. The molecule has 0 radical (unpaired) electrons. The summed E-state index contributed by atoms with van der Waals surface area (Å²) >= 11 is 6.19. The number of fused-ring (bicyclic) bond motifs is 3. The summed E-state index contributed by atoms with van der Waals surface area (Å²) in [5, 5.41) is 12.1. The molecule has 0 bridgehead atoms. The predicted molar refractivity (Wildman–Crippen MR) is 112 cm³/mol. The molecule has 0 unspecified atom stereocenters. The van der Waals surface area contributed by atoms with Crippen molar-refractivity contribution in [2.24, 2.45) is 5.92 Å². The van der Waals surface area contributed by atoms with Crippen molar-refractivity contribution >= 4 is 34.2 Å².